The van der Waals surface area contributed by atoms with Crippen LogP contribution in [0.4, 0.5) is 0 Å². The first-order valence-electron chi connectivity index (χ1n) is 5.77. The van der Waals surface area contributed by atoms with Crippen molar-refractivity contribution >= 4 is 31.9 Å². The molecule has 1 aromatic rings. The van der Waals surface area contributed by atoms with E-state index >= 15 is 0 Å². The van der Waals surface area contributed by atoms with E-state index in [0.29, 0.717) is 11.0 Å². The minimum atomic E-state index is -3.76. The molecular weight excluding hydrogens is 334 g/mol. The molecule has 0 saturated carbocycles. The third-order valence-electron chi connectivity index (χ3n) is 2.26. The molecule has 0 spiro atoms. The lowest BCUT2D eigenvalue weighted by Crippen LogP contribution is -2.44. The zero-order chi connectivity index (χ0) is 14.5. The van der Waals surface area contributed by atoms with Crippen LogP contribution in [0.2, 0.25) is 0 Å². The molecule has 1 rings (SSSR count). The Kier molecular flexibility index (Phi) is 5.89. The lowest BCUT2D eigenvalue weighted by Gasteiger charge is -2.14. The monoisotopic (exact) mass is 349 g/mol. The van der Waals surface area contributed by atoms with E-state index in [4.69, 9.17) is 0 Å². The average molecular weight is 350 g/mol. The van der Waals surface area contributed by atoms with Crippen molar-refractivity contribution in [3.05, 3.63) is 22.9 Å². The van der Waals surface area contributed by atoms with E-state index in [1.807, 2.05) is 6.92 Å². The van der Waals surface area contributed by atoms with E-state index in [0.717, 1.165) is 6.42 Å². The van der Waals surface area contributed by atoms with Crippen LogP contribution < -0.4 is 10.0 Å². The number of nitrogens with zero attached hydrogens (tertiary/aromatic N) is 1. The van der Waals surface area contributed by atoms with Crippen LogP contribution >= 0.6 is 15.9 Å². The summed E-state index contributed by atoms with van der Waals surface area (Å²) in [5.74, 6) is -0.353. The first-order valence-corrected chi connectivity index (χ1v) is 8.05. The van der Waals surface area contributed by atoms with Crippen molar-refractivity contribution in [3.63, 3.8) is 0 Å². The molecule has 0 radical (unpaired) electrons. The predicted octanol–water partition coefficient (Wildman–Crippen LogP) is 1.04. The van der Waals surface area contributed by atoms with Crippen LogP contribution in [0.25, 0.3) is 0 Å². The van der Waals surface area contributed by atoms with Crippen LogP contribution in [-0.4, -0.2) is 31.9 Å². The van der Waals surface area contributed by atoms with Crippen LogP contribution in [-0.2, 0) is 14.8 Å². The van der Waals surface area contributed by atoms with Gasteiger partial charge in [-0.2, -0.15) is 4.72 Å². The Balaban J connectivity index is 2.77. The van der Waals surface area contributed by atoms with Crippen molar-refractivity contribution < 1.29 is 13.2 Å². The number of sulfonamides is 1. The Morgan fingerprint density at radius 2 is 2.16 bits per heavy atom. The molecule has 1 atom stereocenters. The van der Waals surface area contributed by atoms with Gasteiger partial charge in [-0.15, -0.1) is 0 Å². The summed E-state index contributed by atoms with van der Waals surface area (Å²) < 4.78 is 26.9. The Morgan fingerprint density at radius 1 is 1.47 bits per heavy atom. The number of amides is 1. The van der Waals surface area contributed by atoms with Gasteiger partial charge in [0.2, 0.25) is 15.9 Å². The molecular formula is C11H16BrN3O3S. The fraction of sp³-hybridized carbons (Fsp3) is 0.455. The number of rotatable bonds is 6. The maximum atomic E-state index is 12.0. The summed E-state index contributed by atoms with van der Waals surface area (Å²) in [5.41, 5.74) is 0. The number of carbonyl (C=O) groups excluding carboxylic acids is 1. The molecule has 0 aromatic carbocycles. The lowest BCUT2D eigenvalue weighted by atomic mass is 10.3. The van der Waals surface area contributed by atoms with Gasteiger partial charge >= 0.3 is 0 Å². The second-order valence-electron chi connectivity index (χ2n) is 3.97. The van der Waals surface area contributed by atoms with Crippen molar-refractivity contribution in [2.75, 3.05) is 6.54 Å². The van der Waals surface area contributed by atoms with Gasteiger partial charge in [0.05, 0.1) is 6.04 Å². The molecule has 0 aliphatic heterocycles. The van der Waals surface area contributed by atoms with Gasteiger partial charge in [-0.25, -0.2) is 8.42 Å². The Labute approximate surface area is 121 Å². The fourth-order valence-electron chi connectivity index (χ4n) is 1.29. The molecule has 1 aromatic heterocycles. The molecule has 19 heavy (non-hydrogen) atoms. The van der Waals surface area contributed by atoms with E-state index in [1.54, 1.807) is 0 Å². The van der Waals surface area contributed by atoms with Gasteiger partial charge in [-0.05, 0) is 35.3 Å². The molecule has 0 fully saturated rings. The third-order valence-corrected chi connectivity index (χ3v) is 4.21. The first kappa shape index (κ1) is 16.1. The number of halogens is 1. The Hall–Kier alpha value is -0.990. The number of aromatic nitrogens is 1. The summed E-state index contributed by atoms with van der Waals surface area (Å²) in [5, 5.41) is 2.63. The second-order valence-corrected chi connectivity index (χ2v) is 6.60. The highest BCUT2D eigenvalue weighted by Crippen LogP contribution is 2.14. The number of carbonyl (C=O) groups is 1. The van der Waals surface area contributed by atoms with Crippen molar-refractivity contribution in [2.24, 2.45) is 0 Å². The highest BCUT2D eigenvalue weighted by Gasteiger charge is 2.22. The van der Waals surface area contributed by atoms with Gasteiger partial charge in [0.15, 0.2) is 0 Å². The van der Waals surface area contributed by atoms with Crippen LogP contribution in [0.15, 0.2) is 27.8 Å². The summed E-state index contributed by atoms with van der Waals surface area (Å²) in [6.07, 6.45) is 3.50. The SMILES string of the molecule is CCCNC(=O)C(C)NS(=O)(=O)c1cncc(Br)c1. The highest BCUT2D eigenvalue weighted by molar-refractivity contribution is 9.10. The van der Waals surface area contributed by atoms with Gasteiger partial charge in [0.25, 0.3) is 0 Å². The number of hydrogen-bond donors (Lipinski definition) is 2. The average Bonchev–Trinajstić information content (AvgIpc) is 2.35. The van der Waals surface area contributed by atoms with Crippen LogP contribution in [0.5, 0.6) is 0 Å². The topological polar surface area (TPSA) is 88.2 Å². The molecule has 0 aliphatic carbocycles. The van der Waals surface area contributed by atoms with Crippen LogP contribution in [0, 0.1) is 0 Å². The smallest absolute Gasteiger partial charge is 0.242 e. The quantitative estimate of drug-likeness (QED) is 0.802. The van der Waals surface area contributed by atoms with Crippen LogP contribution in [0.1, 0.15) is 20.3 Å². The molecule has 1 unspecified atom stereocenters. The maximum absolute atomic E-state index is 12.0. The van der Waals surface area contributed by atoms with Crippen molar-refractivity contribution in [1.29, 1.82) is 0 Å². The highest BCUT2D eigenvalue weighted by atomic mass is 79.9. The molecule has 0 aliphatic rings. The molecule has 6 nitrogen and oxygen atoms in total. The van der Waals surface area contributed by atoms with Crippen molar-refractivity contribution in [2.45, 2.75) is 31.2 Å². The van der Waals surface area contributed by atoms with Gasteiger partial charge in [-0.3, -0.25) is 9.78 Å². The number of hydrogen-bond acceptors (Lipinski definition) is 4. The Morgan fingerprint density at radius 3 is 2.74 bits per heavy atom. The summed E-state index contributed by atoms with van der Waals surface area (Å²) in [7, 11) is -3.76. The van der Waals surface area contributed by atoms with E-state index in [2.05, 4.69) is 31.0 Å². The minimum Gasteiger partial charge on any atom is -0.355 e. The van der Waals surface area contributed by atoms with E-state index in [9.17, 15) is 13.2 Å². The molecule has 0 bridgehead atoms. The van der Waals surface area contributed by atoms with Crippen molar-refractivity contribution in [1.82, 2.24) is 15.0 Å². The van der Waals surface area contributed by atoms with Gasteiger partial charge in [0.1, 0.15) is 4.90 Å². The lowest BCUT2D eigenvalue weighted by molar-refractivity contribution is -0.122. The minimum absolute atomic E-state index is 0.0111. The van der Waals surface area contributed by atoms with Gasteiger partial charge in [-0.1, -0.05) is 6.92 Å². The fourth-order valence-corrected chi connectivity index (χ4v) is 3.00. The third kappa shape index (κ3) is 4.88. The van der Waals surface area contributed by atoms with E-state index < -0.39 is 16.1 Å². The second kappa shape index (κ2) is 6.97. The molecule has 1 heterocycles. The number of pyridine rings is 1. The molecule has 8 heteroatoms. The molecule has 2 N–H and O–H groups in total. The standard InChI is InChI=1S/C11H16BrN3O3S/c1-3-4-14-11(16)8(2)15-19(17,18)10-5-9(12)6-13-7-10/h5-8,15H,3-4H2,1-2H3,(H,14,16). The largest absolute Gasteiger partial charge is 0.355 e. The number of nitrogens with one attached hydrogen (secondary N) is 2. The summed E-state index contributed by atoms with van der Waals surface area (Å²) in [4.78, 5) is 15.4. The molecule has 1 amide bonds. The maximum Gasteiger partial charge on any atom is 0.242 e. The first-order chi connectivity index (χ1) is 8.86. The summed E-state index contributed by atoms with van der Waals surface area (Å²) in [6.45, 7) is 3.93. The van der Waals surface area contributed by atoms with E-state index in [1.165, 1.54) is 25.4 Å². The van der Waals surface area contributed by atoms with Crippen LogP contribution in [0.3, 0.4) is 0 Å². The molecule has 0 saturated heterocycles. The zero-order valence-electron chi connectivity index (χ0n) is 10.7. The van der Waals surface area contributed by atoms with Gasteiger partial charge in [0, 0.05) is 23.4 Å². The normalized spacial score (nSPS) is 13.0. The zero-order valence-corrected chi connectivity index (χ0v) is 13.1. The predicted molar refractivity (Wildman–Crippen MR) is 75.0 cm³/mol. The molecule has 106 valence electrons. The summed E-state index contributed by atoms with van der Waals surface area (Å²) in [6, 6.07) is 0.585. The van der Waals surface area contributed by atoms with Crippen molar-refractivity contribution in [3.8, 4) is 0 Å². The Bertz CT molecular complexity index is 548. The van der Waals surface area contributed by atoms with E-state index in [-0.39, 0.29) is 10.8 Å². The van der Waals surface area contributed by atoms with Gasteiger partial charge < -0.3 is 5.32 Å². The summed E-state index contributed by atoms with van der Waals surface area (Å²) >= 11 is 3.15.